The Morgan fingerprint density at radius 2 is 1.93 bits per heavy atom. The summed E-state index contributed by atoms with van der Waals surface area (Å²) >= 11 is 1.31. The minimum Gasteiger partial charge on any atom is -0.484 e. The summed E-state index contributed by atoms with van der Waals surface area (Å²) in [5, 5.41) is 3.89. The van der Waals surface area contributed by atoms with Crippen molar-refractivity contribution < 1.29 is 23.5 Å². The summed E-state index contributed by atoms with van der Waals surface area (Å²) in [5.41, 5.74) is 1.06. The van der Waals surface area contributed by atoms with Crippen LogP contribution in [0, 0.1) is 13.8 Å². The van der Waals surface area contributed by atoms with Gasteiger partial charge in [0, 0.05) is 22.4 Å². The number of hydrogen-bond acceptors (Lipinski definition) is 7. The average Bonchev–Trinajstić information content (AvgIpc) is 2.93. The van der Waals surface area contributed by atoms with Gasteiger partial charge in [-0.1, -0.05) is 0 Å². The Morgan fingerprint density at radius 3 is 2.68 bits per heavy atom. The van der Waals surface area contributed by atoms with Crippen LogP contribution in [-0.2, 0) is 9.53 Å². The van der Waals surface area contributed by atoms with Crippen molar-refractivity contribution in [1.82, 2.24) is 0 Å². The van der Waals surface area contributed by atoms with E-state index in [4.69, 9.17) is 13.9 Å². The van der Waals surface area contributed by atoms with Gasteiger partial charge in [0.15, 0.2) is 6.61 Å². The first-order chi connectivity index (χ1) is 13.4. The van der Waals surface area contributed by atoms with Gasteiger partial charge >= 0.3 is 11.6 Å². The lowest BCUT2D eigenvalue weighted by atomic mass is 10.1. The molecular weight excluding hydrogens is 382 g/mol. The molecule has 0 aliphatic heterocycles. The van der Waals surface area contributed by atoms with Crippen LogP contribution in [0.4, 0.5) is 5.00 Å². The summed E-state index contributed by atoms with van der Waals surface area (Å²) in [5.74, 6) is -0.493. The van der Waals surface area contributed by atoms with E-state index in [1.54, 1.807) is 31.2 Å². The van der Waals surface area contributed by atoms with Gasteiger partial charge in [0.2, 0.25) is 0 Å². The third-order valence-electron chi connectivity index (χ3n) is 4.08. The molecule has 0 saturated heterocycles. The summed E-state index contributed by atoms with van der Waals surface area (Å²) in [6, 6.07) is 7.95. The molecule has 3 aromatic rings. The third-order valence-corrected chi connectivity index (χ3v) is 5.20. The molecule has 0 radical (unpaired) electrons. The van der Waals surface area contributed by atoms with Crippen LogP contribution in [-0.4, -0.2) is 25.1 Å². The van der Waals surface area contributed by atoms with Gasteiger partial charge in [-0.25, -0.2) is 9.59 Å². The highest BCUT2D eigenvalue weighted by atomic mass is 32.1. The second kappa shape index (κ2) is 8.26. The number of amides is 1. The zero-order valence-electron chi connectivity index (χ0n) is 15.7. The maximum absolute atomic E-state index is 12.3. The van der Waals surface area contributed by atoms with Crippen LogP contribution in [0.5, 0.6) is 5.75 Å². The summed E-state index contributed by atoms with van der Waals surface area (Å²) in [4.78, 5) is 36.7. The fraction of sp³-hybridized carbons (Fsp3) is 0.250. The third kappa shape index (κ3) is 4.23. The molecule has 146 valence electrons. The smallest absolute Gasteiger partial charge is 0.341 e. The molecule has 0 unspecified atom stereocenters. The lowest BCUT2D eigenvalue weighted by molar-refractivity contribution is -0.118. The Kier molecular flexibility index (Phi) is 5.79. The van der Waals surface area contributed by atoms with Gasteiger partial charge in [-0.15, -0.1) is 11.3 Å². The summed E-state index contributed by atoms with van der Waals surface area (Å²) in [6.45, 7) is 5.40. The van der Waals surface area contributed by atoms with Crippen molar-refractivity contribution in [2.75, 3.05) is 18.5 Å². The van der Waals surface area contributed by atoms with Crippen LogP contribution < -0.4 is 15.7 Å². The van der Waals surface area contributed by atoms with Gasteiger partial charge in [0.1, 0.15) is 16.3 Å². The van der Waals surface area contributed by atoms with E-state index >= 15 is 0 Å². The van der Waals surface area contributed by atoms with E-state index in [0.717, 1.165) is 15.8 Å². The first-order valence-corrected chi connectivity index (χ1v) is 9.44. The highest BCUT2D eigenvalue weighted by Crippen LogP contribution is 2.33. The number of thiophene rings is 1. The van der Waals surface area contributed by atoms with E-state index in [1.165, 1.54) is 17.4 Å². The lowest BCUT2D eigenvalue weighted by Crippen LogP contribution is -2.21. The minimum absolute atomic E-state index is 0.252. The Balaban J connectivity index is 1.70. The van der Waals surface area contributed by atoms with E-state index < -0.39 is 17.5 Å². The van der Waals surface area contributed by atoms with Crippen LogP contribution in [0.3, 0.4) is 0 Å². The number of esters is 1. The van der Waals surface area contributed by atoms with E-state index in [9.17, 15) is 14.4 Å². The molecule has 1 N–H and O–H groups in total. The molecule has 0 aliphatic rings. The zero-order chi connectivity index (χ0) is 20.3. The molecule has 0 aliphatic carbocycles. The van der Waals surface area contributed by atoms with E-state index in [1.807, 2.05) is 13.8 Å². The van der Waals surface area contributed by atoms with E-state index in [2.05, 4.69) is 5.32 Å². The predicted octanol–water partition coefficient (Wildman–Crippen LogP) is 3.67. The topological polar surface area (TPSA) is 94.8 Å². The summed E-state index contributed by atoms with van der Waals surface area (Å²) in [7, 11) is 0. The van der Waals surface area contributed by atoms with Gasteiger partial charge in [0.05, 0.1) is 12.2 Å². The number of fused-ring (bicyclic) bond motifs is 1. The zero-order valence-corrected chi connectivity index (χ0v) is 16.5. The largest absolute Gasteiger partial charge is 0.484 e. The normalized spacial score (nSPS) is 10.7. The molecule has 3 rings (SSSR count). The molecule has 0 bridgehead atoms. The summed E-state index contributed by atoms with van der Waals surface area (Å²) in [6.07, 6.45) is 0. The molecule has 0 spiro atoms. The highest BCUT2D eigenvalue weighted by Gasteiger charge is 2.22. The molecule has 0 atom stereocenters. The first kappa shape index (κ1) is 19.6. The fourth-order valence-electron chi connectivity index (χ4n) is 2.61. The molecule has 28 heavy (non-hydrogen) atoms. The van der Waals surface area contributed by atoms with Crippen molar-refractivity contribution in [3.05, 3.63) is 56.8 Å². The maximum Gasteiger partial charge on any atom is 0.341 e. The SMILES string of the molecule is CCOC(=O)c1c(NC(=O)COc2ccc3ccc(=O)oc3c2)sc(C)c1C. The number of carbonyl (C=O) groups excluding carboxylic acids is 2. The van der Waals surface area contributed by atoms with Crippen LogP contribution in [0.15, 0.2) is 39.5 Å². The molecule has 1 aromatic carbocycles. The fourth-order valence-corrected chi connectivity index (χ4v) is 3.67. The van der Waals surface area contributed by atoms with Crippen molar-refractivity contribution in [2.24, 2.45) is 0 Å². The second-order valence-corrected chi connectivity index (χ2v) is 7.22. The van der Waals surface area contributed by atoms with Crippen molar-refractivity contribution >= 4 is 39.2 Å². The van der Waals surface area contributed by atoms with Crippen molar-refractivity contribution in [3.63, 3.8) is 0 Å². The lowest BCUT2D eigenvalue weighted by Gasteiger charge is -2.09. The molecule has 0 saturated carbocycles. The molecule has 2 heterocycles. The molecule has 8 heteroatoms. The number of rotatable bonds is 6. The number of ether oxygens (including phenoxy) is 2. The Bertz CT molecular complexity index is 1100. The van der Waals surface area contributed by atoms with Crippen LogP contribution in [0.25, 0.3) is 11.0 Å². The number of anilines is 1. The molecule has 1 amide bonds. The Morgan fingerprint density at radius 1 is 1.18 bits per heavy atom. The van der Waals surface area contributed by atoms with Gasteiger partial charge in [0.25, 0.3) is 5.91 Å². The molecular formula is C20H19NO6S. The average molecular weight is 401 g/mol. The highest BCUT2D eigenvalue weighted by molar-refractivity contribution is 7.16. The number of aryl methyl sites for hydroxylation is 1. The van der Waals surface area contributed by atoms with Crippen molar-refractivity contribution in [2.45, 2.75) is 20.8 Å². The van der Waals surface area contributed by atoms with Gasteiger partial charge in [-0.2, -0.15) is 0 Å². The van der Waals surface area contributed by atoms with Crippen molar-refractivity contribution in [1.29, 1.82) is 0 Å². The van der Waals surface area contributed by atoms with E-state index in [0.29, 0.717) is 21.9 Å². The summed E-state index contributed by atoms with van der Waals surface area (Å²) < 4.78 is 15.7. The van der Waals surface area contributed by atoms with Crippen LogP contribution in [0.2, 0.25) is 0 Å². The minimum atomic E-state index is -0.467. The molecule has 2 aromatic heterocycles. The predicted molar refractivity (Wildman–Crippen MR) is 106 cm³/mol. The van der Waals surface area contributed by atoms with E-state index in [-0.39, 0.29) is 13.2 Å². The number of benzene rings is 1. The first-order valence-electron chi connectivity index (χ1n) is 8.62. The quantitative estimate of drug-likeness (QED) is 0.500. The van der Waals surface area contributed by atoms with Gasteiger partial charge < -0.3 is 19.2 Å². The van der Waals surface area contributed by atoms with Gasteiger partial charge in [-0.05, 0) is 44.5 Å². The standard InChI is InChI=1S/C20H19NO6S/c1-4-25-20(24)18-11(2)12(3)28-19(18)21-16(22)10-26-14-7-5-13-6-8-17(23)27-15(13)9-14/h5-9H,4,10H2,1-3H3,(H,21,22). The maximum atomic E-state index is 12.3. The molecule has 0 fully saturated rings. The van der Waals surface area contributed by atoms with Crippen LogP contribution in [0.1, 0.15) is 27.7 Å². The second-order valence-electron chi connectivity index (χ2n) is 6.00. The number of carbonyl (C=O) groups is 2. The van der Waals surface area contributed by atoms with Crippen LogP contribution >= 0.6 is 11.3 Å². The number of nitrogens with one attached hydrogen (secondary N) is 1. The van der Waals surface area contributed by atoms with Crippen molar-refractivity contribution in [3.8, 4) is 5.75 Å². The number of hydrogen-bond donors (Lipinski definition) is 1. The van der Waals surface area contributed by atoms with Gasteiger partial charge in [-0.3, -0.25) is 4.79 Å². The molecule has 7 nitrogen and oxygen atoms in total. The Labute approximate surface area is 164 Å². The Hall–Kier alpha value is -3.13. The monoisotopic (exact) mass is 401 g/mol.